The fraction of sp³-hybridized carbons (Fsp3) is 0.467. The van der Waals surface area contributed by atoms with Crippen molar-refractivity contribution in [2.75, 3.05) is 11.9 Å². The monoisotopic (exact) mass is 278 g/mol. The highest BCUT2D eigenvalue weighted by Gasteiger charge is 2.19. The van der Waals surface area contributed by atoms with Crippen molar-refractivity contribution in [2.24, 2.45) is 11.8 Å². The van der Waals surface area contributed by atoms with E-state index in [0.717, 1.165) is 25.5 Å². The minimum atomic E-state index is -0.800. The first-order valence-corrected chi connectivity index (χ1v) is 6.81. The largest absolute Gasteiger partial charge is 0.385 e. The molecule has 2 unspecified atom stereocenters. The number of halogens is 1. The molecule has 0 heterocycles. The first kappa shape index (κ1) is 14.5. The number of nitro groups is 1. The molecule has 20 heavy (non-hydrogen) atoms. The maximum absolute atomic E-state index is 13.2. The van der Waals surface area contributed by atoms with Gasteiger partial charge >= 0.3 is 5.69 Å². The molecule has 1 aromatic rings. The lowest BCUT2D eigenvalue weighted by atomic mass is 9.84. The van der Waals surface area contributed by atoms with E-state index in [1.54, 1.807) is 0 Å². The summed E-state index contributed by atoms with van der Waals surface area (Å²) in [5.41, 5.74) is 1.50. The normalized spacial score (nSPS) is 22.2. The van der Waals surface area contributed by atoms with Crippen LogP contribution < -0.4 is 5.32 Å². The second kappa shape index (κ2) is 6.03. The van der Waals surface area contributed by atoms with Crippen LogP contribution in [0.2, 0.25) is 0 Å². The van der Waals surface area contributed by atoms with Gasteiger partial charge in [-0.2, -0.15) is 4.39 Å². The summed E-state index contributed by atoms with van der Waals surface area (Å²) in [4.78, 5) is 10.00. The van der Waals surface area contributed by atoms with E-state index in [-0.39, 0.29) is 0 Å². The highest BCUT2D eigenvalue weighted by molar-refractivity contribution is 5.51. The van der Waals surface area contributed by atoms with Crippen LogP contribution in [0, 0.1) is 27.8 Å². The lowest BCUT2D eigenvalue weighted by Crippen LogP contribution is -2.20. The molecule has 4 nitrogen and oxygen atoms in total. The van der Waals surface area contributed by atoms with Gasteiger partial charge in [0.2, 0.25) is 5.82 Å². The Labute approximate surface area is 117 Å². The quantitative estimate of drug-likeness (QED) is 0.511. The van der Waals surface area contributed by atoms with E-state index >= 15 is 0 Å². The van der Waals surface area contributed by atoms with Gasteiger partial charge in [-0.25, -0.2) is 0 Å². The van der Waals surface area contributed by atoms with E-state index in [0.29, 0.717) is 17.5 Å². The van der Waals surface area contributed by atoms with Crippen molar-refractivity contribution in [1.82, 2.24) is 0 Å². The van der Waals surface area contributed by atoms with Gasteiger partial charge in [-0.15, -0.1) is 0 Å². The molecule has 2 atom stereocenters. The van der Waals surface area contributed by atoms with Crippen LogP contribution >= 0.6 is 0 Å². The molecule has 0 aromatic heterocycles. The molecule has 2 rings (SSSR count). The van der Waals surface area contributed by atoms with Crippen LogP contribution in [0.4, 0.5) is 15.8 Å². The number of anilines is 1. The molecule has 108 valence electrons. The number of nitrogens with zero attached hydrogens (tertiary/aromatic N) is 1. The molecular weight excluding hydrogens is 259 g/mol. The number of nitro benzene ring substituents is 1. The average Bonchev–Trinajstić information content (AvgIpc) is 2.36. The maximum atomic E-state index is 13.2. The topological polar surface area (TPSA) is 55.2 Å². The summed E-state index contributed by atoms with van der Waals surface area (Å²) >= 11 is 0. The molecule has 0 fully saturated rings. The lowest BCUT2D eigenvalue weighted by molar-refractivity contribution is -0.387. The van der Waals surface area contributed by atoms with E-state index in [1.165, 1.54) is 17.7 Å². The Morgan fingerprint density at radius 2 is 2.25 bits per heavy atom. The van der Waals surface area contributed by atoms with Crippen LogP contribution in [-0.4, -0.2) is 11.5 Å². The molecule has 1 aliphatic carbocycles. The van der Waals surface area contributed by atoms with Crippen molar-refractivity contribution >= 4 is 11.4 Å². The molecule has 5 heteroatoms. The standard InChI is InChI=1S/C15H19FN2O2/c1-10-5-11(2)7-12(6-10)9-17-13-3-4-14(16)15(8-13)18(19)20/h3-5,8,10,12,17H,6-7,9H2,1-2H3. The molecule has 0 spiro atoms. The fourth-order valence-corrected chi connectivity index (χ4v) is 2.87. The van der Waals surface area contributed by atoms with E-state index < -0.39 is 16.4 Å². The zero-order valence-electron chi connectivity index (χ0n) is 11.7. The zero-order valence-corrected chi connectivity index (χ0v) is 11.7. The first-order chi connectivity index (χ1) is 9.45. The van der Waals surface area contributed by atoms with Crippen LogP contribution in [0.15, 0.2) is 29.8 Å². The van der Waals surface area contributed by atoms with Gasteiger partial charge in [-0.1, -0.05) is 18.6 Å². The molecule has 0 radical (unpaired) electrons. The predicted molar refractivity (Wildman–Crippen MR) is 77.2 cm³/mol. The average molecular weight is 278 g/mol. The molecule has 0 aliphatic heterocycles. The van der Waals surface area contributed by atoms with Crippen LogP contribution in [0.3, 0.4) is 0 Å². The summed E-state index contributed by atoms with van der Waals surface area (Å²) in [7, 11) is 0. The summed E-state index contributed by atoms with van der Waals surface area (Å²) in [5.74, 6) is 0.280. The molecule has 0 amide bonds. The van der Waals surface area contributed by atoms with E-state index in [4.69, 9.17) is 0 Å². The molecular formula is C15H19FN2O2. The number of hydrogen-bond acceptors (Lipinski definition) is 3. The lowest BCUT2D eigenvalue weighted by Gasteiger charge is -2.25. The van der Waals surface area contributed by atoms with Gasteiger partial charge in [0.1, 0.15) is 0 Å². The number of rotatable bonds is 4. The molecule has 1 aromatic carbocycles. The van der Waals surface area contributed by atoms with E-state index in [9.17, 15) is 14.5 Å². The van der Waals surface area contributed by atoms with Gasteiger partial charge in [-0.3, -0.25) is 10.1 Å². The number of benzene rings is 1. The third kappa shape index (κ3) is 3.56. The SMILES string of the molecule is CC1=CC(C)CC(CNc2ccc(F)c([N+](=O)[O-])c2)C1. The Morgan fingerprint density at radius 1 is 1.50 bits per heavy atom. The van der Waals surface area contributed by atoms with Crippen LogP contribution in [0.5, 0.6) is 0 Å². The number of nitrogens with one attached hydrogen (secondary N) is 1. The van der Waals surface area contributed by atoms with Gasteiger partial charge in [-0.05, 0) is 43.7 Å². The summed E-state index contributed by atoms with van der Waals surface area (Å²) < 4.78 is 13.2. The fourth-order valence-electron chi connectivity index (χ4n) is 2.87. The van der Waals surface area contributed by atoms with Crippen LogP contribution in [-0.2, 0) is 0 Å². The highest BCUT2D eigenvalue weighted by Crippen LogP contribution is 2.28. The molecule has 0 bridgehead atoms. The van der Waals surface area contributed by atoms with E-state index in [1.807, 2.05) is 0 Å². The minimum absolute atomic E-state index is 0.483. The third-order valence-corrected chi connectivity index (χ3v) is 3.62. The molecule has 1 N–H and O–H groups in total. The molecule has 0 saturated heterocycles. The Balaban J connectivity index is 1.99. The van der Waals surface area contributed by atoms with Crippen molar-refractivity contribution < 1.29 is 9.31 Å². The second-order valence-corrected chi connectivity index (χ2v) is 5.60. The Morgan fingerprint density at radius 3 is 2.90 bits per heavy atom. The van der Waals surface area contributed by atoms with Gasteiger partial charge in [0, 0.05) is 18.3 Å². The molecule has 0 saturated carbocycles. The zero-order chi connectivity index (χ0) is 14.7. The summed E-state index contributed by atoms with van der Waals surface area (Å²) in [6.45, 7) is 5.07. The summed E-state index contributed by atoms with van der Waals surface area (Å²) in [6.07, 6.45) is 4.44. The summed E-state index contributed by atoms with van der Waals surface area (Å²) in [6, 6.07) is 3.93. The van der Waals surface area contributed by atoms with Crippen LogP contribution in [0.25, 0.3) is 0 Å². The van der Waals surface area contributed by atoms with Gasteiger partial charge < -0.3 is 5.32 Å². The Kier molecular flexibility index (Phi) is 4.37. The van der Waals surface area contributed by atoms with Gasteiger partial charge in [0.25, 0.3) is 0 Å². The van der Waals surface area contributed by atoms with Crippen molar-refractivity contribution in [2.45, 2.75) is 26.7 Å². The maximum Gasteiger partial charge on any atom is 0.306 e. The van der Waals surface area contributed by atoms with Crippen LogP contribution in [0.1, 0.15) is 26.7 Å². The predicted octanol–water partition coefficient (Wildman–Crippen LogP) is 4.14. The van der Waals surface area contributed by atoms with Crippen molar-refractivity contribution in [3.8, 4) is 0 Å². The Hall–Kier alpha value is -1.91. The summed E-state index contributed by atoms with van der Waals surface area (Å²) in [5, 5.41) is 13.9. The van der Waals surface area contributed by atoms with Crippen molar-refractivity contribution in [3.05, 3.63) is 45.8 Å². The molecule has 1 aliphatic rings. The van der Waals surface area contributed by atoms with Gasteiger partial charge in [0.05, 0.1) is 4.92 Å². The third-order valence-electron chi connectivity index (χ3n) is 3.62. The van der Waals surface area contributed by atoms with E-state index in [2.05, 4.69) is 25.2 Å². The highest BCUT2D eigenvalue weighted by atomic mass is 19.1. The number of hydrogen-bond donors (Lipinski definition) is 1. The number of allylic oxidation sites excluding steroid dienone is 2. The Bertz CT molecular complexity index is 543. The minimum Gasteiger partial charge on any atom is -0.385 e. The second-order valence-electron chi connectivity index (χ2n) is 5.60. The van der Waals surface area contributed by atoms with Crippen molar-refractivity contribution in [3.63, 3.8) is 0 Å². The van der Waals surface area contributed by atoms with Gasteiger partial charge in [0.15, 0.2) is 0 Å². The smallest absolute Gasteiger partial charge is 0.306 e. The van der Waals surface area contributed by atoms with Crippen molar-refractivity contribution in [1.29, 1.82) is 0 Å². The first-order valence-electron chi connectivity index (χ1n) is 6.81.